The number of nitrogens with one attached hydrogen (secondary N) is 1. The minimum atomic E-state index is -2.11. The third kappa shape index (κ3) is 9.93. The van der Waals surface area contributed by atoms with Gasteiger partial charge in [0.15, 0.2) is 25.0 Å². The molecule has 264 valence electrons. The molecule has 17 heteroatoms. The van der Waals surface area contributed by atoms with Crippen LogP contribution in [0.2, 0.25) is 0 Å². The van der Waals surface area contributed by atoms with Crippen LogP contribution in [-0.2, 0) is 33.2 Å². The van der Waals surface area contributed by atoms with E-state index >= 15 is 0 Å². The first-order chi connectivity index (χ1) is 21.4. The van der Waals surface area contributed by atoms with E-state index in [1.54, 1.807) is 0 Å². The Morgan fingerprint density at radius 3 is 1.96 bits per heavy atom. The lowest BCUT2D eigenvalue weighted by atomic mass is 9.96. The predicted molar refractivity (Wildman–Crippen MR) is 149 cm³/mol. The number of aliphatic hydroxyl groups excluding tert-OH is 8. The van der Waals surface area contributed by atoms with Gasteiger partial charge in [-0.15, -0.1) is 0 Å². The number of carbonyl (C=O) groups excluding carboxylic acids is 1. The molecule has 0 bridgehead atoms. The van der Waals surface area contributed by atoms with Crippen LogP contribution in [-0.4, -0.2) is 165 Å². The second-order valence-corrected chi connectivity index (χ2v) is 11.7. The lowest BCUT2D eigenvalue weighted by Gasteiger charge is -2.47. The van der Waals surface area contributed by atoms with E-state index in [1.807, 2.05) is 0 Å². The van der Waals surface area contributed by atoms with Gasteiger partial charge < -0.3 is 74.6 Å². The summed E-state index contributed by atoms with van der Waals surface area (Å²) in [7, 11) is 0. The molecule has 0 aromatic rings. The van der Waals surface area contributed by atoms with Crippen molar-refractivity contribution in [1.82, 2.24) is 5.32 Å². The van der Waals surface area contributed by atoms with Crippen molar-refractivity contribution in [3.05, 3.63) is 0 Å². The van der Waals surface area contributed by atoms with Crippen LogP contribution in [0.25, 0.3) is 0 Å². The van der Waals surface area contributed by atoms with Gasteiger partial charge in [0.1, 0.15) is 67.1 Å². The molecule has 3 rings (SSSR count). The van der Waals surface area contributed by atoms with Crippen LogP contribution in [0.3, 0.4) is 0 Å². The van der Waals surface area contributed by atoms with E-state index in [0.29, 0.717) is 6.42 Å². The standard InChI is InChI=1S/C28H50FNO15/c1-3-4-5-6-7-8-9-40-27-24(39)22(37)20(35)16(44-27)12-41-28-25(23(38)19(34)15(11-32)43-28)45-26-18(30-13(2)33)21(36)17(29)14(10-31)42-26/h14-28,31-32,34-39H,3-12H2,1-2H3,(H,30,33)/t14-,15-,16-,17-,18-,19-,20-,21+,22+,23+,24-,25+,26+,27-,28+/m1/s1. The van der Waals surface area contributed by atoms with Crippen LogP contribution >= 0.6 is 0 Å². The molecule has 0 aromatic heterocycles. The van der Waals surface area contributed by atoms with Gasteiger partial charge in [0.2, 0.25) is 5.91 Å². The van der Waals surface area contributed by atoms with Crippen molar-refractivity contribution in [1.29, 1.82) is 0 Å². The first-order valence-electron chi connectivity index (χ1n) is 15.5. The smallest absolute Gasteiger partial charge is 0.217 e. The Morgan fingerprint density at radius 1 is 0.711 bits per heavy atom. The maximum Gasteiger partial charge on any atom is 0.217 e. The number of carbonyl (C=O) groups is 1. The summed E-state index contributed by atoms with van der Waals surface area (Å²) in [6.07, 6.45) is -17.0. The van der Waals surface area contributed by atoms with Crippen LogP contribution in [0.15, 0.2) is 0 Å². The summed E-state index contributed by atoms with van der Waals surface area (Å²) in [6.45, 7) is 1.28. The minimum absolute atomic E-state index is 0.228. The first kappa shape index (κ1) is 38.3. The average molecular weight is 660 g/mol. The molecule has 0 unspecified atom stereocenters. The van der Waals surface area contributed by atoms with Crippen molar-refractivity contribution in [2.45, 2.75) is 144 Å². The van der Waals surface area contributed by atoms with Gasteiger partial charge in [-0.3, -0.25) is 4.79 Å². The Morgan fingerprint density at radius 2 is 1.31 bits per heavy atom. The lowest BCUT2D eigenvalue weighted by Crippen LogP contribution is -2.67. The van der Waals surface area contributed by atoms with E-state index < -0.39 is 118 Å². The van der Waals surface area contributed by atoms with Crippen LogP contribution in [0.4, 0.5) is 4.39 Å². The Labute approximate surface area is 260 Å². The number of aliphatic hydroxyl groups is 8. The summed E-state index contributed by atoms with van der Waals surface area (Å²) in [5.41, 5.74) is 0. The molecule has 3 fully saturated rings. The van der Waals surface area contributed by atoms with E-state index in [1.165, 1.54) is 0 Å². The van der Waals surface area contributed by atoms with E-state index in [4.69, 9.17) is 28.4 Å². The zero-order valence-electron chi connectivity index (χ0n) is 25.5. The van der Waals surface area contributed by atoms with Gasteiger partial charge in [-0.05, 0) is 6.42 Å². The van der Waals surface area contributed by atoms with Crippen molar-refractivity contribution in [2.24, 2.45) is 0 Å². The third-order valence-electron chi connectivity index (χ3n) is 8.19. The average Bonchev–Trinajstić information content (AvgIpc) is 3.02. The number of hydrogen-bond acceptors (Lipinski definition) is 15. The topological polar surface area (TPSA) is 246 Å². The molecular weight excluding hydrogens is 609 g/mol. The van der Waals surface area contributed by atoms with Gasteiger partial charge in [0.05, 0.1) is 19.8 Å². The van der Waals surface area contributed by atoms with Crippen LogP contribution < -0.4 is 5.32 Å². The molecule has 45 heavy (non-hydrogen) atoms. The Hall–Kier alpha value is -1.16. The minimum Gasteiger partial charge on any atom is -0.394 e. The number of amides is 1. The molecule has 3 saturated heterocycles. The van der Waals surface area contributed by atoms with Crippen LogP contribution in [0.5, 0.6) is 0 Å². The zero-order valence-corrected chi connectivity index (χ0v) is 25.5. The van der Waals surface area contributed by atoms with E-state index in [9.17, 15) is 50.0 Å². The quantitative estimate of drug-likeness (QED) is 0.0747. The van der Waals surface area contributed by atoms with Crippen molar-refractivity contribution >= 4 is 5.91 Å². The molecule has 0 saturated carbocycles. The largest absolute Gasteiger partial charge is 0.394 e. The molecule has 0 aliphatic carbocycles. The van der Waals surface area contributed by atoms with Gasteiger partial charge in [-0.25, -0.2) is 4.39 Å². The van der Waals surface area contributed by atoms with Crippen molar-refractivity contribution < 1.29 is 78.5 Å². The molecular formula is C28H50FNO15. The second kappa shape index (κ2) is 18.4. The number of halogens is 1. The summed E-state index contributed by atoms with van der Waals surface area (Å²) < 4.78 is 48.5. The van der Waals surface area contributed by atoms with E-state index in [0.717, 1.165) is 39.0 Å². The Kier molecular flexibility index (Phi) is 15.7. The maximum atomic E-state index is 14.6. The van der Waals surface area contributed by atoms with E-state index in [-0.39, 0.29) is 6.61 Å². The fourth-order valence-electron chi connectivity index (χ4n) is 5.51. The van der Waals surface area contributed by atoms with Crippen molar-refractivity contribution in [3.8, 4) is 0 Å². The second-order valence-electron chi connectivity index (χ2n) is 11.7. The predicted octanol–water partition coefficient (Wildman–Crippen LogP) is -3.07. The summed E-state index contributed by atoms with van der Waals surface area (Å²) in [5, 5.41) is 84.8. The molecule has 0 spiro atoms. The van der Waals surface area contributed by atoms with Crippen LogP contribution in [0, 0.1) is 0 Å². The molecule has 3 aliphatic heterocycles. The van der Waals surface area contributed by atoms with Crippen LogP contribution in [0.1, 0.15) is 52.4 Å². The molecule has 1 amide bonds. The van der Waals surface area contributed by atoms with Gasteiger partial charge in [0, 0.05) is 13.5 Å². The normalized spacial score (nSPS) is 42.4. The first-order valence-corrected chi connectivity index (χ1v) is 15.5. The van der Waals surface area contributed by atoms with Crippen molar-refractivity contribution in [2.75, 3.05) is 26.4 Å². The molecule has 15 atom stereocenters. The number of hydrogen-bond donors (Lipinski definition) is 9. The monoisotopic (exact) mass is 659 g/mol. The van der Waals surface area contributed by atoms with Gasteiger partial charge in [-0.1, -0.05) is 39.0 Å². The summed E-state index contributed by atoms with van der Waals surface area (Å²) in [4.78, 5) is 11.8. The molecule has 0 aromatic carbocycles. The summed E-state index contributed by atoms with van der Waals surface area (Å²) in [6, 6.07) is -1.52. The fraction of sp³-hybridized carbons (Fsp3) is 0.964. The number of unbranched alkanes of at least 4 members (excludes halogenated alkanes) is 5. The van der Waals surface area contributed by atoms with E-state index in [2.05, 4.69) is 12.2 Å². The molecule has 16 nitrogen and oxygen atoms in total. The highest BCUT2D eigenvalue weighted by atomic mass is 19.1. The van der Waals surface area contributed by atoms with Gasteiger partial charge in [0.25, 0.3) is 0 Å². The highest BCUT2D eigenvalue weighted by Crippen LogP contribution is 2.31. The molecule has 3 aliphatic rings. The zero-order chi connectivity index (χ0) is 33.3. The number of rotatable bonds is 16. The number of alkyl halides is 1. The highest BCUT2D eigenvalue weighted by Gasteiger charge is 2.52. The SMILES string of the molecule is CCCCCCCCO[C@@H]1O[C@H](CO[C@H]2O[C@H](CO)[C@@H](O)[C@H](O)[C@@H]2O[C@@H]2O[C@H](CO)[C@@H](F)[C@H](O)[C@H]2NC(C)=O)[C@@H](O)[C@H](O)[C@H]1O. The number of ether oxygens (including phenoxy) is 6. The Bertz CT molecular complexity index is 878. The fourth-order valence-corrected chi connectivity index (χ4v) is 5.51. The summed E-state index contributed by atoms with van der Waals surface area (Å²) in [5.74, 6) is -0.683. The van der Waals surface area contributed by atoms with Gasteiger partial charge >= 0.3 is 0 Å². The maximum absolute atomic E-state index is 14.6. The van der Waals surface area contributed by atoms with Gasteiger partial charge in [-0.2, -0.15) is 0 Å². The highest BCUT2D eigenvalue weighted by molar-refractivity contribution is 5.73. The van der Waals surface area contributed by atoms with Crippen molar-refractivity contribution in [3.63, 3.8) is 0 Å². The molecule has 0 radical (unpaired) electrons. The molecule has 3 heterocycles. The third-order valence-corrected chi connectivity index (χ3v) is 8.19. The lowest BCUT2D eigenvalue weighted by molar-refractivity contribution is -0.361. The summed E-state index contributed by atoms with van der Waals surface area (Å²) >= 11 is 0. The Balaban J connectivity index is 1.70. The molecule has 9 N–H and O–H groups in total.